The third kappa shape index (κ3) is 4.84. The summed E-state index contributed by atoms with van der Waals surface area (Å²) in [6, 6.07) is 69.3. The second kappa shape index (κ2) is 12.4. The molecule has 0 saturated heterocycles. The van der Waals surface area contributed by atoms with Gasteiger partial charge < -0.3 is 4.74 Å². The molecule has 3 nitrogen and oxygen atoms in total. The highest BCUT2D eigenvalue weighted by Crippen LogP contribution is 2.62. The quantitative estimate of drug-likeness (QED) is 0.180. The van der Waals surface area contributed by atoms with E-state index in [0.29, 0.717) is 5.82 Å². The fraction of sp³-hybridized carbons (Fsp3) is 0.0189. The topological polar surface area (TPSA) is 35.0 Å². The van der Waals surface area contributed by atoms with E-state index in [1.807, 2.05) is 17.4 Å². The van der Waals surface area contributed by atoms with Gasteiger partial charge in [-0.1, -0.05) is 158 Å². The molecule has 8 aromatic carbocycles. The van der Waals surface area contributed by atoms with Gasteiger partial charge in [0.15, 0.2) is 5.82 Å². The van der Waals surface area contributed by atoms with Gasteiger partial charge in [-0.15, -0.1) is 11.3 Å². The average molecular weight is 745 g/mol. The van der Waals surface area contributed by atoms with Crippen molar-refractivity contribution in [2.24, 2.45) is 0 Å². The summed E-state index contributed by atoms with van der Waals surface area (Å²) in [5, 5.41) is 2.56. The van der Waals surface area contributed by atoms with Crippen molar-refractivity contribution in [2.75, 3.05) is 0 Å². The molecule has 57 heavy (non-hydrogen) atoms. The number of hydrogen-bond acceptors (Lipinski definition) is 4. The number of rotatable bonds is 4. The van der Waals surface area contributed by atoms with Crippen LogP contribution in [0.3, 0.4) is 0 Å². The number of ether oxygens (including phenoxy) is 1. The monoisotopic (exact) mass is 744 g/mol. The van der Waals surface area contributed by atoms with Gasteiger partial charge in [-0.2, -0.15) is 0 Å². The lowest BCUT2D eigenvalue weighted by Gasteiger charge is -2.39. The van der Waals surface area contributed by atoms with E-state index >= 15 is 0 Å². The molecule has 0 saturated carbocycles. The molecule has 0 fully saturated rings. The zero-order valence-electron chi connectivity index (χ0n) is 30.7. The van der Waals surface area contributed by atoms with E-state index in [9.17, 15) is 0 Å². The van der Waals surface area contributed by atoms with Crippen molar-refractivity contribution in [2.45, 2.75) is 5.41 Å². The zero-order valence-corrected chi connectivity index (χ0v) is 31.5. The van der Waals surface area contributed by atoms with Gasteiger partial charge in [-0.25, -0.2) is 9.97 Å². The third-order valence-electron chi connectivity index (χ3n) is 11.8. The van der Waals surface area contributed by atoms with E-state index in [1.165, 1.54) is 48.0 Å². The van der Waals surface area contributed by atoms with Gasteiger partial charge in [0.25, 0.3) is 0 Å². The molecule has 0 unspecified atom stereocenters. The van der Waals surface area contributed by atoms with Crippen LogP contribution in [0.5, 0.6) is 11.5 Å². The van der Waals surface area contributed by atoms with Crippen molar-refractivity contribution in [3.8, 4) is 67.7 Å². The largest absolute Gasteiger partial charge is 0.457 e. The molecular formula is C53H32N2OS. The van der Waals surface area contributed by atoms with Gasteiger partial charge in [0.2, 0.25) is 0 Å². The molecule has 266 valence electrons. The molecule has 12 rings (SSSR count). The van der Waals surface area contributed by atoms with E-state index in [4.69, 9.17) is 14.7 Å². The maximum atomic E-state index is 6.83. The SMILES string of the molecule is c1ccc(-c2cc(-c3ccc4c(c3)sc3ccccc34)nc(-c3cccc(-c4ccc5c(c4)Oc4ccccc4C54c5ccccc5-c5ccccc54)c3)n2)cc1. The molecule has 0 amide bonds. The Morgan fingerprint density at radius 1 is 0.368 bits per heavy atom. The number of para-hydroxylation sites is 1. The van der Waals surface area contributed by atoms with Gasteiger partial charge in [0.1, 0.15) is 11.5 Å². The molecule has 0 bridgehead atoms. The summed E-state index contributed by atoms with van der Waals surface area (Å²) in [5.41, 5.74) is 14.0. The van der Waals surface area contributed by atoms with Gasteiger partial charge in [-0.05, 0) is 69.8 Å². The smallest absolute Gasteiger partial charge is 0.160 e. The van der Waals surface area contributed by atoms with E-state index in [-0.39, 0.29) is 0 Å². The normalized spacial score (nSPS) is 13.2. The number of nitrogens with zero attached hydrogens (tertiary/aromatic N) is 2. The maximum absolute atomic E-state index is 6.83. The van der Waals surface area contributed by atoms with Crippen LogP contribution in [0, 0.1) is 0 Å². The molecule has 1 aliphatic carbocycles. The van der Waals surface area contributed by atoms with Crippen LogP contribution in [-0.4, -0.2) is 9.97 Å². The van der Waals surface area contributed by atoms with Crippen molar-refractivity contribution in [1.29, 1.82) is 0 Å². The van der Waals surface area contributed by atoms with E-state index in [0.717, 1.165) is 56.3 Å². The van der Waals surface area contributed by atoms with Crippen LogP contribution in [0.4, 0.5) is 0 Å². The van der Waals surface area contributed by atoms with Gasteiger partial charge in [0, 0.05) is 48.0 Å². The van der Waals surface area contributed by atoms with Crippen molar-refractivity contribution in [3.63, 3.8) is 0 Å². The van der Waals surface area contributed by atoms with Crippen molar-refractivity contribution >= 4 is 31.5 Å². The average Bonchev–Trinajstić information content (AvgIpc) is 3.80. The molecule has 0 N–H and O–H groups in total. The van der Waals surface area contributed by atoms with Crippen molar-refractivity contribution in [3.05, 3.63) is 216 Å². The third-order valence-corrected chi connectivity index (χ3v) is 12.9. The molecule has 2 aliphatic rings. The predicted octanol–water partition coefficient (Wildman–Crippen LogP) is 14.0. The Morgan fingerprint density at radius 3 is 1.79 bits per heavy atom. The summed E-state index contributed by atoms with van der Waals surface area (Å²) in [6.45, 7) is 0. The van der Waals surface area contributed by atoms with Crippen LogP contribution in [-0.2, 0) is 5.41 Å². The predicted molar refractivity (Wildman–Crippen MR) is 234 cm³/mol. The van der Waals surface area contributed by atoms with Crippen molar-refractivity contribution < 1.29 is 4.74 Å². The minimum Gasteiger partial charge on any atom is -0.457 e. The first-order chi connectivity index (χ1) is 28.2. The lowest BCUT2D eigenvalue weighted by Crippen LogP contribution is -2.32. The molecule has 1 spiro atoms. The van der Waals surface area contributed by atoms with Crippen LogP contribution in [0.2, 0.25) is 0 Å². The van der Waals surface area contributed by atoms with E-state index in [1.54, 1.807) is 0 Å². The lowest BCUT2D eigenvalue weighted by atomic mass is 9.66. The van der Waals surface area contributed by atoms with Gasteiger partial charge in [-0.3, -0.25) is 0 Å². The second-order valence-electron chi connectivity index (χ2n) is 14.9. The summed E-state index contributed by atoms with van der Waals surface area (Å²) in [5.74, 6) is 2.44. The molecular weight excluding hydrogens is 713 g/mol. The molecule has 3 heterocycles. The van der Waals surface area contributed by atoms with Crippen LogP contribution in [0.15, 0.2) is 194 Å². The summed E-state index contributed by atoms with van der Waals surface area (Å²) in [6.07, 6.45) is 0. The van der Waals surface area contributed by atoms with Crippen LogP contribution >= 0.6 is 11.3 Å². The Labute approximate surface area is 334 Å². The fourth-order valence-corrected chi connectivity index (χ4v) is 10.4. The Hall–Kier alpha value is -7.14. The molecule has 0 atom stereocenters. The van der Waals surface area contributed by atoms with Gasteiger partial charge in [0.05, 0.1) is 16.8 Å². The van der Waals surface area contributed by atoms with E-state index in [2.05, 4.69) is 188 Å². The molecule has 10 aromatic rings. The standard InChI is InChI=1S/C53H32N2OS/c1-2-13-33(14-3-1)46-32-47(36-25-27-41-40-19-6-11-24-50(40)57-51(41)31-36)55-52(54-46)37-16-12-15-34(29-37)35-26-28-45-49(30-35)56-48-23-10-9-22-44(48)53(45)42-20-7-4-17-38(42)39-18-5-8-21-43(39)53/h1-32H. The molecule has 2 aromatic heterocycles. The van der Waals surface area contributed by atoms with Gasteiger partial charge >= 0.3 is 0 Å². The summed E-state index contributed by atoms with van der Waals surface area (Å²) in [7, 11) is 0. The Bertz CT molecular complexity index is 3190. The minimum atomic E-state index is -0.487. The second-order valence-corrected chi connectivity index (χ2v) is 16.0. The summed E-state index contributed by atoms with van der Waals surface area (Å²) < 4.78 is 9.37. The molecule has 0 radical (unpaired) electrons. The Kier molecular flexibility index (Phi) is 7.01. The van der Waals surface area contributed by atoms with Crippen LogP contribution in [0.1, 0.15) is 22.3 Å². The minimum absolute atomic E-state index is 0.487. The number of fused-ring (bicyclic) bond motifs is 12. The summed E-state index contributed by atoms with van der Waals surface area (Å²) in [4.78, 5) is 10.4. The van der Waals surface area contributed by atoms with Crippen LogP contribution < -0.4 is 4.74 Å². The number of benzene rings is 8. The highest BCUT2D eigenvalue weighted by atomic mass is 32.1. The first-order valence-electron chi connectivity index (χ1n) is 19.3. The first kappa shape index (κ1) is 32.1. The Morgan fingerprint density at radius 2 is 0.965 bits per heavy atom. The lowest BCUT2D eigenvalue weighted by molar-refractivity contribution is 0.436. The fourth-order valence-electron chi connectivity index (χ4n) is 9.24. The number of thiophene rings is 1. The maximum Gasteiger partial charge on any atom is 0.160 e. The Balaban J connectivity index is 0.994. The number of hydrogen-bond donors (Lipinski definition) is 0. The highest BCUT2D eigenvalue weighted by molar-refractivity contribution is 7.25. The van der Waals surface area contributed by atoms with Crippen molar-refractivity contribution in [1.82, 2.24) is 9.97 Å². The van der Waals surface area contributed by atoms with Crippen LogP contribution in [0.25, 0.3) is 76.3 Å². The highest BCUT2D eigenvalue weighted by Gasteiger charge is 2.50. The number of aromatic nitrogens is 2. The summed E-state index contributed by atoms with van der Waals surface area (Å²) >= 11 is 1.82. The van der Waals surface area contributed by atoms with E-state index < -0.39 is 5.41 Å². The molecule has 4 heteroatoms. The zero-order chi connectivity index (χ0) is 37.5. The molecule has 1 aliphatic heterocycles. The first-order valence-corrected chi connectivity index (χ1v) is 20.1.